The highest BCUT2D eigenvalue weighted by Crippen LogP contribution is 2.21. The van der Waals surface area contributed by atoms with Gasteiger partial charge in [0.25, 0.3) is 0 Å². The van der Waals surface area contributed by atoms with Crippen molar-refractivity contribution >= 4 is 27.5 Å². The van der Waals surface area contributed by atoms with Gasteiger partial charge in [-0.2, -0.15) is 0 Å². The van der Waals surface area contributed by atoms with Gasteiger partial charge in [0.2, 0.25) is 21.8 Å². The SMILES string of the molecule is CCCNC(=O)[C@H](Cc1ccccc1)N(Cc1ccc(F)cc1)C(=O)CN(c1cccc(F)c1)S(C)(=O)=O. The van der Waals surface area contributed by atoms with Crippen molar-refractivity contribution in [3.8, 4) is 0 Å². The maximum absolute atomic E-state index is 13.9. The van der Waals surface area contributed by atoms with Crippen LogP contribution in [0.15, 0.2) is 78.9 Å². The fourth-order valence-corrected chi connectivity index (χ4v) is 4.79. The molecule has 0 aromatic heterocycles. The van der Waals surface area contributed by atoms with Crippen LogP contribution in [-0.2, 0) is 32.6 Å². The molecule has 0 spiro atoms. The Morgan fingerprint density at radius 1 is 0.895 bits per heavy atom. The summed E-state index contributed by atoms with van der Waals surface area (Å²) in [5, 5.41) is 2.83. The molecule has 0 heterocycles. The van der Waals surface area contributed by atoms with Crippen LogP contribution in [0.5, 0.6) is 0 Å². The standard InChI is InChI=1S/C28H31F2N3O4S/c1-3-16-31-28(35)26(17-21-8-5-4-6-9-21)32(19-22-12-14-23(29)15-13-22)27(34)20-33(38(2,36)37)25-11-7-10-24(30)18-25/h4-15,18,26H,3,16-17,19-20H2,1-2H3,(H,31,35)/t26-/m0/s1. The summed E-state index contributed by atoms with van der Waals surface area (Å²) in [5.74, 6) is -2.19. The zero-order chi connectivity index (χ0) is 27.7. The Balaban J connectivity index is 2.03. The Hall–Kier alpha value is -3.79. The molecular formula is C28H31F2N3O4S. The van der Waals surface area contributed by atoms with Crippen molar-refractivity contribution in [3.63, 3.8) is 0 Å². The largest absolute Gasteiger partial charge is 0.354 e. The van der Waals surface area contributed by atoms with E-state index in [2.05, 4.69) is 5.32 Å². The predicted octanol–water partition coefficient (Wildman–Crippen LogP) is 3.90. The van der Waals surface area contributed by atoms with E-state index in [0.29, 0.717) is 18.5 Å². The van der Waals surface area contributed by atoms with E-state index in [1.54, 1.807) is 0 Å². The molecule has 3 aromatic carbocycles. The number of carbonyl (C=O) groups is 2. The number of amides is 2. The lowest BCUT2D eigenvalue weighted by Gasteiger charge is -2.33. The highest BCUT2D eigenvalue weighted by Gasteiger charge is 2.33. The monoisotopic (exact) mass is 543 g/mol. The van der Waals surface area contributed by atoms with Crippen LogP contribution in [0.25, 0.3) is 0 Å². The molecule has 0 aliphatic carbocycles. The number of nitrogens with zero attached hydrogens (tertiary/aromatic N) is 2. The number of carbonyl (C=O) groups excluding carboxylic acids is 2. The van der Waals surface area contributed by atoms with Crippen LogP contribution in [0.1, 0.15) is 24.5 Å². The second-order valence-electron chi connectivity index (χ2n) is 8.89. The Bertz CT molecular complexity index is 1340. The fourth-order valence-electron chi connectivity index (χ4n) is 3.95. The van der Waals surface area contributed by atoms with Crippen LogP contribution < -0.4 is 9.62 Å². The van der Waals surface area contributed by atoms with E-state index in [0.717, 1.165) is 22.2 Å². The first kappa shape index (κ1) is 28.8. The zero-order valence-corrected chi connectivity index (χ0v) is 22.1. The van der Waals surface area contributed by atoms with Crippen LogP contribution in [-0.4, -0.2) is 50.5 Å². The Kier molecular flexibility index (Phi) is 9.95. The summed E-state index contributed by atoms with van der Waals surface area (Å²) in [7, 11) is -3.99. The van der Waals surface area contributed by atoms with Gasteiger partial charge in [0.15, 0.2) is 0 Å². The molecule has 0 radical (unpaired) electrons. The third-order valence-electron chi connectivity index (χ3n) is 5.86. The second kappa shape index (κ2) is 13.1. The van der Waals surface area contributed by atoms with Crippen molar-refractivity contribution in [1.29, 1.82) is 0 Å². The van der Waals surface area contributed by atoms with Crippen molar-refractivity contribution in [1.82, 2.24) is 10.2 Å². The van der Waals surface area contributed by atoms with E-state index in [4.69, 9.17) is 0 Å². The molecule has 0 saturated heterocycles. The zero-order valence-electron chi connectivity index (χ0n) is 21.3. The van der Waals surface area contributed by atoms with Gasteiger partial charge in [0.1, 0.15) is 24.2 Å². The van der Waals surface area contributed by atoms with Gasteiger partial charge in [-0.3, -0.25) is 13.9 Å². The van der Waals surface area contributed by atoms with Crippen LogP contribution in [0, 0.1) is 11.6 Å². The van der Waals surface area contributed by atoms with Gasteiger partial charge in [0.05, 0.1) is 11.9 Å². The van der Waals surface area contributed by atoms with Crippen molar-refractivity contribution in [2.24, 2.45) is 0 Å². The minimum Gasteiger partial charge on any atom is -0.354 e. The molecule has 0 bridgehead atoms. The topological polar surface area (TPSA) is 86.8 Å². The molecule has 7 nitrogen and oxygen atoms in total. The number of hydrogen-bond acceptors (Lipinski definition) is 4. The number of halogens is 2. The van der Waals surface area contributed by atoms with E-state index in [1.165, 1.54) is 47.4 Å². The minimum absolute atomic E-state index is 0.0161. The van der Waals surface area contributed by atoms with Gasteiger partial charge >= 0.3 is 0 Å². The van der Waals surface area contributed by atoms with E-state index in [-0.39, 0.29) is 18.7 Å². The maximum atomic E-state index is 13.9. The summed E-state index contributed by atoms with van der Waals surface area (Å²) < 4.78 is 53.6. The summed E-state index contributed by atoms with van der Waals surface area (Å²) in [6, 6.07) is 18.6. The molecule has 3 rings (SSSR count). The van der Waals surface area contributed by atoms with Crippen LogP contribution in [0.3, 0.4) is 0 Å². The first-order chi connectivity index (χ1) is 18.1. The molecule has 1 atom stereocenters. The lowest BCUT2D eigenvalue weighted by atomic mass is 10.0. The lowest BCUT2D eigenvalue weighted by molar-refractivity contribution is -0.140. The molecule has 3 aromatic rings. The number of nitrogens with one attached hydrogen (secondary N) is 1. The first-order valence-electron chi connectivity index (χ1n) is 12.2. The third-order valence-corrected chi connectivity index (χ3v) is 7.00. The molecule has 202 valence electrons. The van der Waals surface area contributed by atoms with Gasteiger partial charge in [0, 0.05) is 19.5 Å². The molecule has 38 heavy (non-hydrogen) atoms. The average molecular weight is 544 g/mol. The van der Waals surface area contributed by atoms with Crippen LogP contribution in [0.2, 0.25) is 0 Å². The highest BCUT2D eigenvalue weighted by atomic mass is 32.2. The molecule has 0 aliphatic rings. The van der Waals surface area contributed by atoms with Crippen molar-refractivity contribution in [3.05, 3.63) is 102 Å². The fraction of sp³-hybridized carbons (Fsp3) is 0.286. The molecule has 0 aliphatic heterocycles. The van der Waals surface area contributed by atoms with E-state index < -0.39 is 46.1 Å². The predicted molar refractivity (Wildman–Crippen MR) is 143 cm³/mol. The van der Waals surface area contributed by atoms with E-state index >= 15 is 0 Å². The number of benzene rings is 3. The molecular weight excluding hydrogens is 512 g/mol. The van der Waals surface area contributed by atoms with Gasteiger partial charge in [-0.05, 0) is 47.9 Å². The third kappa shape index (κ3) is 8.11. The van der Waals surface area contributed by atoms with Crippen molar-refractivity contribution in [2.45, 2.75) is 32.4 Å². The van der Waals surface area contributed by atoms with Crippen LogP contribution >= 0.6 is 0 Å². The summed E-state index contributed by atoms with van der Waals surface area (Å²) in [4.78, 5) is 28.5. The minimum atomic E-state index is -3.99. The smallest absolute Gasteiger partial charge is 0.244 e. The van der Waals surface area contributed by atoms with Gasteiger partial charge < -0.3 is 10.2 Å². The second-order valence-corrected chi connectivity index (χ2v) is 10.8. The number of rotatable bonds is 12. The Labute approximate surface area is 222 Å². The maximum Gasteiger partial charge on any atom is 0.244 e. The molecule has 10 heteroatoms. The molecule has 0 fully saturated rings. The van der Waals surface area contributed by atoms with Crippen molar-refractivity contribution in [2.75, 3.05) is 23.7 Å². The lowest BCUT2D eigenvalue weighted by Crippen LogP contribution is -2.53. The quantitative estimate of drug-likeness (QED) is 0.376. The van der Waals surface area contributed by atoms with Crippen LogP contribution in [0.4, 0.5) is 14.5 Å². The van der Waals surface area contributed by atoms with Gasteiger partial charge in [-0.25, -0.2) is 17.2 Å². The summed E-state index contributed by atoms with van der Waals surface area (Å²) in [6.07, 6.45) is 1.77. The number of sulfonamides is 1. The highest BCUT2D eigenvalue weighted by molar-refractivity contribution is 7.92. The number of anilines is 1. The summed E-state index contributed by atoms with van der Waals surface area (Å²) in [5.41, 5.74) is 1.33. The molecule has 2 amide bonds. The normalized spacial score (nSPS) is 12.0. The molecule has 0 saturated carbocycles. The van der Waals surface area contributed by atoms with E-state index in [9.17, 15) is 26.8 Å². The number of hydrogen-bond donors (Lipinski definition) is 1. The molecule has 0 unspecified atom stereocenters. The van der Waals surface area contributed by atoms with E-state index in [1.807, 2.05) is 37.3 Å². The summed E-state index contributed by atoms with van der Waals surface area (Å²) in [6.45, 7) is 1.56. The molecule has 1 N–H and O–H groups in total. The summed E-state index contributed by atoms with van der Waals surface area (Å²) >= 11 is 0. The first-order valence-corrected chi connectivity index (χ1v) is 14.0. The Morgan fingerprint density at radius 3 is 2.18 bits per heavy atom. The average Bonchev–Trinajstić information content (AvgIpc) is 2.88. The van der Waals surface area contributed by atoms with Gasteiger partial charge in [-0.1, -0.05) is 55.5 Å². The Morgan fingerprint density at radius 2 is 1.58 bits per heavy atom. The van der Waals surface area contributed by atoms with Crippen molar-refractivity contribution < 1.29 is 26.8 Å². The van der Waals surface area contributed by atoms with Gasteiger partial charge in [-0.15, -0.1) is 0 Å².